The lowest BCUT2D eigenvalue weighted by molar-refractivity contribution is 0.0188. The van der Waals surface area contributed by atoms with Gasteiger partial charge in [-0.25, -0.2) is 0 Å². The number of thiophene rings is 1. The lowest BCUT2D eigenvalue weighted by Gasteiger charge is -2.47. The third-order valence-corrected chi connectivity index (χ3v) is 4.86. The van der Waals surface area contributed by atoms with E-state index in [0.717, 1.165) is 19.6 Å². The van der Waals surface area contributed by atoms with Gasteiger partial charge in [-0.05, 0) is 32.3 Å². The van der Waals surface area contributed by atoms with Crippen LogP contribution in [0.5, 0.6) is 0 Å². The Bertz CT molecular complexity index is 348. The highest BCUT2D eigenvalue weighted by Gasteiger charge is 2.34. The lowest BCUT2D eigenvalue weighted by Crippen LogP contribution is -2.58. The van der Waals surface area contributed by atoms with Crippen molar-refractivity contribution in [3.8, 4) is 0 Å². The van der Waals surface area contributed by atoms with Crippen LogP contribution in [0.15, 0.2) is 17.5 Å². The van der Waals surface area contributed by atoms with Crippen LogP contribution in [0.1, 0.15) is 24.8 Å². The molecule has 1 aromatic rings. The average Bonchev–Trinajstić information content (AvgIpc) is 2.77. The summed E-state index contributed by atoms with van der Waals surface area (Å²) in [5.74, 6) is 0. The standard InChI is InChI=1S/C13H23N3S/c1-13(2)10-16(7-6-15(13)3)11(9-14)12-5-4-8-17-12/h4-5,8,11H,6-7,9-10,14H2,1-3H3. The fraction of sp³-hybridized carbons (Fsp3) is 0.692. The van der Waals surface area contributed by atoms with E-state index in [9.17, 15) is 0 Å². The first-order valence-electron chi connectivity index (χ1n) is 6.23. The van der Waals surface area contributed by atoms with Crippen LogP contribution >= 0.6 is 11.3 Å². The number of likely N-dealkylation sites (N-methyl/N-ethyl adjacent to an activating group) is 1. The Morgan fingerprint density at radius 2 is 2.24 bits per heavy atom. The highest BCUT2D eigenvalue weighted by Crippen LogP contribution is 2.29. The summed E-state index contributed by atoms with van der Waals surface area (Å²) in [6, 6.07) is 4.71. The van der Waals surface area contributed by atoms with Crippen molar-refractivity contribution in [2.45, 2.75) is 25.4 Å². The van der Waals surface area contributed by atoms with Gasteiger partial charge in [0.2, 0.25) is 0 Å². The number of nitrogens with zero attached hydrogens (tertiary/aromatic N) is 2. The van der Waals surface area contributed by atoms with Crippen molar-refractivity contribution in [3.63, 3.8) is 0 Å². The molecule has 1 aromatic heterocycles. The Labute approximate surface area is 108 Å². The molecule has 0 aromatic carbocycles. The molecule has 96 valence electrons. The molecule has 1 atom stereocenters. The van der Waals surface area contributed by atoms with Gasteiger partial charge in [-0.15, -0.1) is 11.3 Å². The molecule has 1 saturated heterocycles. The van der Waals surface area contributed by atoms with E-state index in [0.29, 0.717) is 12.6 Å². The Morgan fingerprint density at radius 1 is 1.47 bits per heavy atom. The zero-order valence-electron chi connectivity index (χ0n) is 11.0. The van der Waals surface area contributed by atoms with E-state index in [1.807, 2.05) is 11.3 Å². The molecule has 0 saturated carbocycles. The van der Waals surface area contributed by atoms with Gasteiger partial charge in [0, 0.05) is 36.6 Å². The molecule has 1 aliphatic heterocycles. The monoisotopic (exact) mass is 253 g/mol. The van der Waals surface area contributed by atoms with E-state index in [-0.39, 0.29) is 5.54 Å². The lowest BCUT2D eigenvalue weighted by atomic mass is 9.98. The zero-order chi connectivity index (χ0) is 12.5. The van der Waals surface area contributed by atoms with E-state index in [2.05, 4.69) is 48.2 Å². The van der Waals surface area contributed by atoms with Crippen molar-refractivity contribution in [2.75, 3.05) is 33.2 Å². The van der Waals surface area contributed by atoms with Gasteiger partial charge in [-0.3, -0.25) is 9.80 Å². The van der Waals surface area contributed by atoms with Crippen LogP contribution in [0, 0.1) is 0 Å². The summed E-state index contributed by atoms with van der Waals surface area (Å²) >= 11 is 1.81. The minimum atomic E-state index is 0.239. The summed E-state index contributed by atoms with van der Waals surface area (Å²) in [5, 5.41) is 2.14. The normalized spacial score (nSPS) is 23.8. The molecule has 2 heterocycles. The van der Waals surface area contributed by atoms with Gasteiger partial charge in [-0.2, -0.15) is 0 Å². The van der Waals surface area contributed by atoms with Crippen LogP contribution in [0.4, 0.5) is 0 Å². The van der Waals surface area contributed by atoms with Crippen LogP contribution in [-0.4, -0.2) is 48.6 Å². The van der Waals surface area contributed by atoms with E-state index >= 15 is 0 Å². The van der Waals surface area contributed by atoms with Crippen molar-refractivity contribution >= 4 is 11.3 Å². The smallest absolute Gasteiger partial charge is 0.0565 e. The second kappa shape index (κ2) is 5.06. The predicted octanol–water partition coefficient (Wildman–Crippen LogP) is 1.77. The van der Waals surface area contributed by atoms with Crippen molar-refractivity contribution in [2.24, 2.45) is 5.73 Å². The Hall–Kier alpha value is -0.420. The van der Waals surface area contributed by atoms with Crippen molar-refractivity contribution in [1.29, 1.82) is 0 Å². The van der Waals surface area contributed by atoms with Crippen LogP contribution in [-0.2, 0) is 0 Å². The molecule has 0 amide bonds. The van der Waals surface area contributed by atoms with Gasteiger partial charge in [0.25, 0.3) is 0 Å². The van der Waals surface area contributed by atoms with Crippen molar-refractivity contribution in [3.05, 3.63) is 22.4 Å². The minimum absolute atomic E-state index is 0.239. The van der Waals surface area contributed by atoms with Gasteiger partial charge in [0.15, 0.2) is 0 Å². The predicted molar refractivity (Wildman–Crippen MR) is 74.4 cm³/mol. The van der Waals surface area contributed by atoms with Gasteiger partial charge >= 0.3 is 0 Å². The third kappa shape index (κ3) is 2.71. The second-order valence-corrected chi connectivity index (χ2v) is 6.45. The van der Waals surface area contributed by atoms with E-state index < -0.39 is 0 Å². The Morgan fingerprint density at radius 3 is 2.76 bits per heavy atom. The van der Waals surface area contributed by atoms with Crippen molar-refractivity contribution in [1.82, 2.24) is 9.80 Å². The molecule has 2 N–H and O–H groups in total. The molecule has 4 heteroatoms. The molecule has 0 radical (unpaired) electrons. The summed E-state index contributed by atoms with van der Waals surface area (Å²) in [6.07, 6.45) is 0. The number of rotatable bonds is 3. The quantitative estimate of drug-likeness (QED) is 0.891. The molecular weight excluding hydrogens is 230 g/mol. The molecule has 2 rings (SSSR count). The number of nitrogens with two attached hydrogens (primary N) is 1. The maximum Gasteiger partial charge on any atom is 0.0565 e. The maximum absolute atomic E-state index is 5.97. The van der Waals surface area contributed by atoms with Gasteiger partial charge < -0.3 is 5.73 Å². The highest BCUT2D eigenvalue weighted by atomic mass is 32.1. The first-order chi connectivity index (χ1) is 8.04. The maximum atomic E-state index is 5.97. The fourth-order valence-corrected chi connectivity index (χ4v) is 3.34. The van der Waals surface area contributed by atoms with E-state index in [1.165, 1.54) is 4.88 Å². The minimum Gasteiger partial charge on any atom is -0.329 e. The molecule has 1 unspecified atom stereocenters. The number of piperazine rings is 1. The Kier molecular flexibility index (Phi) is 3.88. The largest absolute Gasteiger partial charge is 0.329 e. The molecule has 3 nitrogen and oxygen atoms in total. The molecule has 1 aliphatic rings. The van der Waals surface area contributed by atoms with E-state index in [4.69, 9.17) is 5.73 Å². The third-order valence-electron chi connectivity index (χ3n) is 3.88. The summed E-state index contributed by atoms with van der Waals surface area (Å²) < 4.78 is 0. The van der Waals surface area contributed by atoms with Crippen molar-refractivity contribution < 1.29 is 0 Å². The summed E-state index contributed by atoms with van der Waals surface area (Å²) in [4.78, 5) is 6.37. The van der Waals surface area contributed by atoms with Crippen LogP contribution in [0.25, 0.3) is 0 Å². The van der Waals surface area contributed by atoms with Crippen LogP contribution < -0.4 is 5.73 Å². The van der Waals surface area contributed by atoms with Gasteiger partial charge in [0.1, 0.15) is 0 Å². The zero-order valence-corrected chi connectivity index (χ0v) is 11.8. The highest BCUT2D eigenvalue weighted by molar-refractivity contribution is 7.10. The van der Waals surface area contributed by atoms with Gasteiger partial charge in [0.05, 0.1) is 6.04 Å². The molecule has 0 spiro atoms. The molecule has 0 aliphatic carbocycles. The number of hydrogen-bond acceptors (Lipinski definition) is 4. The molecule has 0 bridgehead atoms. The molecule has 17 heavy (non-hydrogen) atoms. The number of hydrogen-bond donors (Lipinski definition) is 1. The van der Waals surface area contributed by atoms with Gasteiger partial charge in [-0.1, -0.05) is 6.07 Å². The Balaban J connectivity index is 2.11. The topological polar surface area (TPSA) is 32.5 Å². The fourth-order valence-electron chi connectivity index (χ4n) is 2.47. The molecular formula is C13H23N3S. The summed E-state index contributed by atoms with van der Waals surface area (Å²) in [7, 11) is 2.21. The van der Waals surface area contributed by atoms with Crippen LogP contribution in [0.2, 0.25) is 0 Å². The summed E-state index contributed by atoms with van der Waals surface area (Å²) in [6.45, 7) is 8.64. The molecule has 1 fully saturated rings. The van der Waals surface area contributed by atoms with Crippen LogP contribution in [0.3, 0.4) is 0 Å². The van der Waals surface area contributed by atoms with E-state index in [1.54, 1.807) is 0 Å². The first-order valence-corrected chi connectivity index (χ1v) is 7.11. The second-order valence-electron chi connectivity index (χ2n) is 5.47. The SMILES string of the molecule is CN1CCN(C(CN)c2cccs2)CC1(C)C. The average molecular weight is 253 g/mol. The summed E-state index contributed by atoms with van der Waals surface area (Å²) in [5.41, 5.74) is 6.21. The first kappa shape index (κ1) is 13.0.